The normalized spacial score (nSPS) is 17.2. The van der Waals surface area contributed by atoms with Crippen LogP contribution in [-0.4, -0.2) is 14.4 Å². The van der Waals surface area contributed by atoms with Crippen molar-refractivity contribution >= 4 is 21.7 Å². The average molecular weight is 304 g/mol. The molecule has 1 heterocycles. The maximum absolute atomic E-state index is 11.7. The van der Waals surface area contributed by atoms with Gasteiger partial charge in [0, 0.05) is 11.3 Å². The number of cyclic esters (lactones) is 1. The first kappa shape index (κ1) is 13.6. The summed E-state index contributed by atoms with van der Waals surface area (Å²) in [6, 6.07) is 13.0. The van der Waals surface area contributed by atoms with Crippen molar-refractivity contribution in [3.8, 4) is 0 Å². The summed E-state index contributed by atoms with van der Waals surface area (Å²) in [6.45, 7) is 0. The number of hydrogen-bond donors (Lipinski definition) is 2. The van der Waals surface area contributed by atoms with E-state index in [2.05, 4.69) is 5.32 Å². The van der Waals surface area contributed by atoms with Crippen molar-refractivity contribution in [1.29, 1.82) is 0 Å². The molecule has 2 aromatic rings. The minimum atomic E-state index is -3.72. The molecule has 0 aromatic heterocycles. The molecule has 0 amide bonds. The first-order valence-corrected chi connectivity index (χ1v) is 7.69. The van der Waals surface area contributed by atoms with Gasteiger partial charge in [-0.25, -0.2) is 18.4 Å². The standard InChI is InChI=1S/C14H12N2O4S/c15-21(18,19)10-7-5-9(6-8-10)16-13-11-3-1-2-4-12(11)14(17)20-13/h1-8,13,16H,(H2,15,18,19). The maximum Gasteiger partial charge on any atom is 0.340 e. The van der Waals surface area contributed by atoms with Gasteiger partial charge in [0.1, 0.15) is 0 Å². The highest BCUT2D eigenvalue weighted by Gasteiger charge is 2.30. The molecule has 3 N–H and O–H groups in total. The third kappa shape index (κ3) is 2.61. The lowest BCUT2D eigenvalue weighted by Crippen LogP contribution is -2.13. The van der Waals surface area contributed by atoms with Gasteiger partial charge in [0.15, 0.2) is 0 Å². The number of ether oxygens (including phenoxy) is 1. The Labute approximate surface area is 121 Å². The minimum absolute atomic E-state index is 0.0249. The van der Waals surface area contributed by atoms with E-state index < -0.39 is 16.3 Å². The molecule has 3 rings (SSSR count). The van der Waals surface area contributed by atoms with Crippen LogP contribution in [0.25, 0.3) is 0 Å². The summed E-state index contributed by atoms with van der Waals surface area (Å²) in [5.74, 6) is -0.385. The molecule has 0 saturated carbocycles. The number of carbonyl (C=O) groups excluding carboxylic acids is 1. The summed E-state index contributed by atoms with van der Waals surface area (Å²) in [7, 11) is -3.72. The van der Waals surface area contributed by atoms with Crippen LogP contribution < -0.4 is 10.5 Å². The van der Waals surface area contributed by atoms with Gasteiger partial charge in [-0.15, -0.1) is 0 Å². The fourth-order valence-corrected chi connectivity index (χ4v) is 2.66. The van der Waals surface area contributed by atoms with Crippen LogP contribution in [0.1, 0.15) is 22.1 Å². The van der Waals surface area contributed by atoms with Crippen molar-refractivity contribution in [2.24, 2.45) is 5.14 Å². The van der Waals surface area contributed by atoms with Crippen molar-refractivity contribution in [3.63, 3.8) is 0 Å². The van der Waals surface area contributed by atoms with E-state index in [1.165, 1.54) is 12.1 Å². The summed E-state index contributed by atoms with van der Waals surface area (Å²) in [4.78, 5) is 11.7. The third-order valence-electron chi connectivity index (χ3n) is 3.17. The van der Waals surface area contributed by atoms with Gasteiger partial charge in [-0.3, -0.25) is 0 Å². The van der Waals surface area contributed by atoms with Crippen LogP contribution in [0, 0.1) is 0 Å². The van der Waals surface area contributed by atoms with E-state index in [1.807, 2.05) is 6.07 Å². The average Bonchev–Trinajstić information content (AvgIpc) is 2.76. The molecule has 0 bridgehead atoms. The van der Waals surface area contributed by atoms with Crippen LogP contribution in [0.5, 0.6) is 0 Å². The minimum Gasteiger partial charge on any atom is -0.434 e. The van der Waals surface area contributed by atoms with Crippen molar-refractivity contribution in [2.45, 2.75) is 11.1 Å². The number of fused-ring (bicyclic) bond motifs is 1. The fourth-order valence-electron chi connectivity index (χ4n) is 2.14. The van der Waals surface area contributed by atoms with Gasteiger partial charge in [0.2, 0.25) is 16.3 Å². The summed E-state index contributed by atoms with van der Waals surface area (Å²) in [5, 5.41) is 8.06. The Morgan fingerprint density at radius 2 is 1.71 bits per heavy atom. The van der Waals surface area contributed by atoms with Crippen molar-refractivity contribution < 1.29 is 17.9 Å². The van der Waals surface area contributed by atoms with Crippen molar-refractivity contribution in [3.05, 3.63) is 59.7 Å². The molecule has 0 saturated heterocycles. The highest BCUT2D eigenvalue weighted by molar-refractivity contribution is 7.89. The maximum atomic E-state index is 11.7. The quantitative estimate of drug-likeness (QED) is 0.839. The van der Waals surface area contributed by atoms with Crippen LogP contribution in [0.4, 0.5) is 5.69 Å². The first-order chi connectivity index (χ1) is 9.95. The second-order valence-corrected chi connectivity index (χ2v) is 6.15. The second-order valence-electron chi connectivity index (χ2n) is 4.59. The summed E-state index contributed by atoms with van der Waals surface area (Å²) >= 11 is 0. The molecule has 1 unspecified atom stereocenters. The molecule has 1 atom stereocenters. The predicted molar refractivity (Wildman–Crippen MR) is 76.0 cm³/mol. The molecule has 1 aliphatic rings. The molecule has 2 aromatic carbocycles. The monoisotopic (exact) mass is 304 g/mol. The van der Waals surface area contributed by atoms with E-state index in [-0.39, 0.29) is 10.9 Å². The zero-order chi connectivity index (χ0) is 15.0. The zero-order valence-corrected chi connectivity index (χ0v) is 11.6. The summed E-state index contributed by atoms with van der Waals surface area (Å²) in [6.07, 6.45) is -0.589. The van der Waals surface area contributed by atoms with Gasteiger partial charge in [-0.05, 0) is 30.3 Å². The fraction of sp³-hybridized carbons (Fsp3) is 0.0714. The molecular weight excluding hydrogens is 292 g/mol. The molecule has 0 fully saturated rings. The van der Waals surface area contributed by atoms with Gasteiger partial charge >= 0.3 is 5.97 Å². The van der Waals surface area contributed by atoms with E-state index in [4.69, 9.17) is 9.88 Å². The van der Waals surface area contributed by atoms with Crippen LogP contribution in [0.15, 0.2) is 53.4 Å². The molecule has 1 aliphatic heterocycles. The van der Waals surface area contributed by atoms with Gasteiger partial charge in [-0.2, -0.15) is 0 Å². The largest absolute Gasteiger partial charge is 0.434 e. The van der Waals surface area contributed by atoms with Gasteiger partial charge in [0.05, 0.1) is 10.5 Å². The Hall–Kier alpha value is -2.38. The summed E-state index contributed by atoms with van der Waals surface area (Å²) < 4.78 is 27.6. The van der Waals surface area contributed by atoms with Crippen LogP contribution in [-0.2, 0) is 14.8 Å². The van der Waals surface area contributed by atoms with E-state index in [0.717, 1.165) is 5.56 Å². The van der Waals surface area contributed by atoms with Gasteiger partial charge in [0.25, 0.3) is 0 Å². The highest BCUT2D eigenvalue weighted by Crippen LogP contribution is 2.31. The van der Waals surface area contributed by atoms with Crippen molar-refractivity contribution in [2.75, 3.05) is 5.32 Å². The highest BCUT2D eigenvalue weighted by atomic mass is 32.2. The van der Waals surface area contributed by atoms with E-state index in [1.54, 1.807) is 30.3 Å². The molecule has 0 spiro atoms. The topological polar surface area (TPSA) is 98.5 Å². The first-order valence-electron chi connectivity index (χ1n) is 6.14. The lowest BCUT2D eigenvalue weighted by atomic mass is 10.1. The third-order valence-corrected chi connectivity index (χ3v) is 4.10. The number of carbonyl (C=O) groups is 1. The van der Waals surface area contributed by atoms with Crippen molar-refractivity contribution in [1.82, 2.24) is 0 Å². The van der Waals surface area contributed by atoms with E-state index in [9.17, 15) is 13.2 Å². The van der Waals surface area contributed by atoms with E-state index >= 15 is 0 Å². The lowest BCUT2D eigenvalue weighted by Gasteiger charge is -2.14. The number of primary sulfonamides is 1. The van der Waals surface area contributed by atoms with Crippen LogP contribution in [0.3, 0.4) is 0 Å². The molecule has 0 aliphatic carbocycles. The number of nitrogens with one attached hydrogen (secondary N) is 1. The Kier molecular flexibility index (Phi) is 3.15. The SMILES string of the molecule is NS(=O)(=O)c1ccc(NC2OC(=O)c3ccccc32)cc1. The Morgan fingerprint density at radius 1 is 1.05 bits per heavy atom. The molecule has 7 heteroatoms. The molecule has 6 nitrogen and oxygen atoms in total. The smallest absolute Gasteiger partial charge is 0.340 e. The Balaban J connectivity index is 1.84. The lowest BCUT2D eigenvalue weighted by molar-refractivity contribution is 0.0437. The molecule has 108 valence electrons. The number of esters is 1. The number of benzene rings is 2. The number of hydrogen-bond acceptors (Lipinski definition) is 5. The van der Waals surface area contributed by atoms with Crippen LogP contribution in [0.2, 0.25) is 0 Å². The molecule has 21 heavy (non-hydrogen) atoms. The van der Waals surface area contributed by atoms with Crippen LogP contribution >= 0.6 is 0 Å². The predicted octanol–water partition coefficient (Wildman–Crippen LogP) is 1.62. The molecular formula is C14H12N2O4S. The number of nitrogens with two attached hydrogens (primary N) is 1. The number of sulfonamides is 1. The summed E-state index contributed by atoms with van der Waals surface area (Å²) in [5.41, 5.74) is 1.89. The zero-order valence-electron chi connectivity index (χ0n) is 10.8. The Morgan fingerprint density at radius 3 is 2.38 bits per heavy atom. The molecule has 0 radical (unpaired) electrons. The number of rotatable bonds is 3. The second kappa shape index (κ2) is 4.87. The van der Waals surface area contributed by atoms with Gasteiger partial charge in [-0.1, -0.05) is 18.2 Å². The number of anilines is 1. The Bertz CT molecular complexity index is 800. The van der Waals surface area contributed by atoms with Gasteiger partial charge < -0.3 is 10.1 Å². The van der Waals surface area contributed by atoms with E-state index in [0.29, 0.717) is 11.3 Å².